The zero-order chi connectivity index (χ0) is 22.8. The van der Waals surface area contributed by atoms with E-state index in [1.807, 2.05) is 18.2 Å². The lowest BCUT2D eigenvalue weighted by Gasteiger charge is -2.43. The maximum absolute atomic E-state index is 13.5. The van der Waals surface area contributed by atoms with Crippen LogP contribution in [0.3, 0.4) is 0 Å². The number of halogens is 1. The summed E-state index contributed by atoms with van der Waals surface area (Å²) >= 11 is 0. The molecule has 0 unspecified atom stereocenters. The van der Waals surface area contributed by atoms with E-state index in [0.717, 1.165) is 37.0 Å². The Balaban J connectivity index is 0.00000306. The number of hydrogen-bond donors (Lipinski definition) is 1. The highest BCUT2D eigenvalue weighted by Gasteiger charge is 2.44. The van der Waals surface area contributed by atoms with Gasteiger partial charge in [-0.1, -0.05) is 12.8 Å². The van der Waals surface area contributed by atoms with Crippen molar-refractivity contribution in [3.63, 3.8) is 0 Å². The SMILES string of the molecule is COc1ccc(C2=NN(C3CCN(C(=O)[C@@H](C)N)CC3)C(=O)[C@@H]3CCCC[C@H]23)cc1OC.Cl. The van der Waals surface area contributed by atoms with E-state index < -0.39 is 6.04 Å². The maximum Gasteiger partial charge on any atom is 0.246 e. The van der Waals surface area contributed by atoms with E-state index in [4.69, 9.17) is 20.3 Å². The quantitative estimate of drug-likeness (QED) is 0.701. The second kappa shape index (κ2) is 10.7. The van der Waals surface area contributed by atoms with E-state index in [0.29, 0.717) is 37.4 Å². The molecule has 2 amide bonds. The zero-order valence-electron chi connectivity index (χ0n) is 19.7. The second-order valence-electron chi connectivity index (χ2n) is 9.08. The number of nitrogens with zero attached hydrogens (tertiary/aromatic N) is 3. The molecular weight excluding hydrogens is 444 g/mol. The molecule has 9 heteroatoms. The van der Waals surface area contributed by atoms with Gasteiger partial charge in [-0.2, -0.15) is 5.10 Å². The highest BCUT2D eigenvalue weighted by Crippen LogP contribution is 2.40. The fraction of sp³-hybridized carbons (Fsp3) is 0.625. The van der Waals surface area contributed by atoms with E-state index in [-0.39, 0.29) is 42.1 Å². The average Bonchev–Trinajstić information content (AvgIpc) is 2.83. The number of hydrazone groups is 1. The van der Waals surface area contributed by atoms with Crippen molar-refractivity contribution in [1.82, 2.24) is 9.91 Å². The topological polar surface area (TPSA) is 97.5 Å². The number of fused-ring (bicyclic) bond motifs is 1. The summed E-state index contributed by atoms with van der Waals surface area (Å²) in [5.74, 6) is 1.53. The van der Waals surface area contributed by atoms with Crippen molar-refractivity contribution in [2.45, 2.75) is 57.5 Å². The number of likely N-dealkylation sites (tertiary alicyclic amines) is 1. The number of piperidine rings is 1. The molecule has 33 heavy (non-hydrogen) atoms. The van der Waals surface area contributed by atoms with Crippen LogP contribution in [0.1, 0.15) is 51.0 Å². The Morgan fingerprint density at radius 1 is 1.06 bits per heavy atom. The Kier molecular flexibility index (Phi) is 8.23. The summed E-state index contributed by atoms with van der Waals surface area (Å²) in [5.41, 5.74) is 7.71. The Bertz CT molecular complexity index is 898. The number of ether oxygens (including phenoxy) is 2. The van der Waals surface area contributed by atoms with Crippen molar-refractivity contribution in [3.05, 3.63) is 23.8 Å². The standard InChI is InChI=1S/C24H34N4O4.ClH/c1-15(25)23(29)27-12-10-17(11-13-27)28-24(30)19-7-5-4-6-18(19)22(26-28)16-8-9-20(31-2)21(14-16)32-3;/h8-9,14-15,17-19H,4-7,10-13,25H2,1-3H3;1H/t15-,18+,19-;/m1./s1. The van der Waals surface area contributed by atoms with Crippen molar-refractivity contribution in [1.29, 1.82) is 0 Å². The minimum absolute atomic E-state index is 0. The van der Waals surface area contributed by atoms with Crippen molar-refractivity contribution >= 4 is 29.9 Å². The molecule has 4 rings (SSSR count). The molecule has 1 aliphatic carbocycles. The van der Waals surface area contributed by atoms with Crippen molar-refractivity contribution in [3.8, 4) is 11.5 Å². The van der Waals surface area contributed by atoms with Crippen LogP contribution >= 0.6 is 12.4 Å². The number of carbonyl (C=O) groups excluding carboxylic acids is 2. The average molecular weight is 479 g/mol. The minimum Gasteiger partial charge on any atom is -0.493 e. The van der Waals surface area contributed by atoms with Crippen LogP contribution in [0.25, 0.3) is 0 Å². The normalized spacial score (nSPS) is 24.4. The highest BCUT2D eigenvalue weighted by molar-refractivity contribution is 6.07. The largest absolute Gasteiger partial charge is 0.493 e. The van der Waals surface area contributed by atoms with Crippen LogP contribution in [0.5, 0.6) is 11.5 Å². The molecule has 3 atom stereocenters. The van der Waals surface area contributed by atoms with Gasteiger partial charge < -0.3 is 20.1 Å². The second-order valence-corrected chi connectivity index (χ2v) is 9.08. The number of methoxy groups -OCH3 is 2. The first-order valence-corrected chi connectivity index (χ1v) is 11.6. The number of carbonyl (C=O) groups is 2. The van der Waals surface area contributed by atoms with E-state index in [9.17, 15) is 9.59 Å². The first-order chi connectivity index (χ1) is 15.4. The van der Waals surface area contributed by atoms with Crippen LogP contribution in [0.2, 0.25) is 0 Å². The summed E-state index contributed by atoms with van der Waals surface area (Å²) < 4.78 is 10.9. The van der Waals surface area contributed by atoms with E-state index >= 15 is 0 Å². The summed E-state index contributed by atoms with van der Waals surface area (Å²) in [4.78, 5) is 27.5. The molecule has 0 radical (unpaired) electrons. The van der Waals surface area contributed by atoms with Gasteiger partial charge in [0.2, 0.25) is 11.8 Å². The molecule has 1 saturated carbocycles. The molecule has 1 aromatic carbocycles. The summed E-state index contributed by atoms with van der Waals surface area (Å²) in [6, 6.07) is 5.36. The molecule has 2 N–H and O–H groups in total. The van der Waals surface area contributed by atoms with Gasteiger partial charge in [-0.15, -0.1) is 12.4 Å². The molecule has 0 bridgehead atoms. The van der Waals surface area contributed by atoms with Crippen molar-refractivity contribution in [2.75, 3.05) is 27.3 Å². The monoisotopic (exact) mass is 478 g/mol. The van der Waals surface area contributed by atoms with Crippen LogP contribution in [-0.4, -0.2) is 66.8 Å². The van der Waals surface area contributed by atoms with E-state index in [1.165, 1.54) is 0 Å². The van der Waals surface area contributed by atoms with Crippen LogP contribution < -0.4 is 15.2 Å². The van der Waals surface area contributed by atoms with E-state index in [1.54, 1.807) is 31.1 Å². The molecule has 2 aliphatic heterocycles. The van der Waals surface area contributed by atoms with Crippen LogP contribution in [-0.2, 0) is 9.59 Å². The van der Waals surface area contributed by atoms with Crippen LogP contribution in [0.15, 0.2) is 23.3 Å². The smallest absolute Gasteiger partial charge is 0.246 e. The van der Waals surface area contributed by atoms with Gasteiger partial charge in [0.25, 0.3) is 0 Å². The third-order valence-electron chi connectivity index (χ3n) is 7.07. The number of hydrogen-bond acceptors (Lipinski definition) is 6. The first kappa shape index (κ1) is 25.3. The maximum atomic E-state index is 13.5. The predicted octanol–water partition coefficient (Wildman–Crippen LogP) is 2.82. The van der Waals surface area contributed by atoms with Gasteiger partial charge in [-0.05, 0) is 50.8 Å². The van der Waals surface area contributed by atoms with Crippen LogP contribution in [0, 0.1) is 11.8 Å². The van der Waals surface area contributed by atoms with Gasteiger partial charge in [-0.3, -0.25) is 9.59 Å². The van der Waals surface area contributed by atoms with E-state index in [2.05, 4.69) is 0 Å². The molecular formula is C24H35ClN4O4. The summed E-state index contributed by atoms with van der Waals surface area (Å²) in [6.07, 6.45) is 5.47. The molecule has 1 saturated heterocycles. The van der Waals surface area contributed by atoms with Gasteiger partial charge in [0.1, 0.15) is 0 Å². The summed E-state index contributed by atoms with van der Waals surface area (Å²) in [7, 11) is 3.25. The zero-order valence-corrected chi connectivity index (χ0v) is 20.5. The Morgan fingerprint density at radius 2 is 1.70 bits per heavy atom. The summed E-state index contributed by atoms with van der Waals surface area (Å²) in [6.45, 7) is 2.92. The number of amides is 2. The third kappa shape index (κ3) is 4.96. The number of benzene rings is 1. The molecule has 2 heterocycles. The number of rotatable bonds is 5. The third-order valence-corrected chi connectivity index (χ3v) is 7.07. The molecule has 1 aromatic rings. The molecule has 2 fully saturated rings. The lowest BCUT2D eigenvalue weighted by molar-refractivity contribution is -0.143. The predicted molar refractivity (Wildman–Crippen MR) is 129 cm³/mol. The fourth-order valence-electron chi connectivity index (χ4n) is 5.31. The lowest BCUT2D eigenvalue weighted by Crippen LogP contribution is -2.54. The molecule has 0 aromatic heterocycles. The molecule has 0 spiro atoms. The minimum atomic E-state index is -0.499. The van der Waals surface area contributed by atoms with Gasteiger partial charge in [0.05, 0.1) is 32.0 Å². The first-order valence-electron chi connectivity index (χ1n) is 11.6. The Morgan fingerprint density at radius 3 is 2.30 bits per heavy atom. The van der Waals surface area contributed by atoms with Gasteiger partial charge >= 0.3 is 0 Å². The molecule has 3 aliphatic rings. The Hall–Kier alpha value is -2.32. The fourth-order valence-corrected chi connectivity index (χ4v) is 5.31. The van der Waals surface area contributed by atoms with Crippen LogP contribution in [0.4, 0.5) is 0 Å². The van der Waals surface area contributed by atoms with Crippen molar-refractivity contribution in [2.24, 2.45) is 22.7 Å². The molecule has 8 nitrogen and oxygen atoms in total. The number of nitrogens with two attached hydrogens (primary N) is 1. The van der Waals surface area contributed by atoms with Gasteiger partial charge in [-0.25, -0.2) is 5.01 Å². The van der Waals surface area contributed by atoms with Gasteiger partial charge in [0, 0.05) is 30.5 Å². The molecule has 182 valence electrons. The summed E-state index contributed by atoms with van der Waals surface area (Å²) in [5, 5.41) is 6.68. The lowest BCUT2D eigenvalue weighted by atomic mass is 9.73. The van der Waals surface area contributed by atoms with Crippen molar-refractivity contribution < 1.29 is 19.1 Å². The highest BCUT2D eigenvalue weighted by atomic mass is 35.5. The van der Waals surface area contributed by atoms with Gasteiger partial charge in [0.15, 0.2) is 11.5 Å². The Labute approximate surface area is 201 Å².